The van der Waals surface area contributed by atoms with Gasteiger partial charge < -0.3 is 10.3 Å². The number of H-pyrrole nitrogens is 1. The van der Waals surface area contributed by atoms with Gasteiger partial charge in [0.1, 0.15) is 5.65 Å². The lowest BCUT2D eigenvalue weighted by Crippen LogP contribution is -1.88. The van der Waals surface area contributed by atoms with Crippen LogP contribution < -0.4 is 5.32 Å². The summed E-state index contributed by atoms with van der Waals surface area (Å²) in [6, 6.07) is 4.06. The quantitative estimate of drug-likeness (QED) is 0.703. The SMILES string of the molecule is CC.CNc1cnc2[nH]ccc2c1. The number of pyridine rings is 1. The first-order valence-corrected chi connectivity index (χ1v) is 4.51. The topological polar surface area (TPSA) is 40.7 Å². The molecule has 2 N–H and O–H groups in total. The first-order chi connectivity index (χ1) is 6.40. The maximum absolute atomic E-state index is 4.19. The highest BCUT2D eigenvalue weighted by Gasteiger charge is 1.94. The lowest BCUT2D eigenvalue weighted by molar-refractivity contribution is 1.31. The molecule has 0 fully saturated rings. The highest BCUT2D eigenvalue weighted by atomic mass is 14.9. The summed E-state index contributed by atoms with van der Waals surface area (Å²) in [6.07, 6.45) is 3.69. The number of anilines is 1. The van der Waals surface area contributed by atoms with Crippen molar-refractivity contribution < 1.29 is 0 Å². The molecule has 0 saturated heterocycles. The first-order valence-electron chi connectivity index (χ1n) is 4.51. The number of hydrogen-bond acceptors (Lipinski definition) is 2. The summed E-state index contributed by atoms with van der Waals surface area (Å²) < 4.78 is 0. The number of nitrogens with one attached hydrogen (secondary N) is 2. The van der Waals surface area contributed by atoms with Crippen molar-refractivity contribution in [1.82, 2.24) is 9.97 Å². The van der Waals surface area contributed by atoms with Gasteiger partial charge in [-0.1, -0.05) is 13.8 Å². The largest absolute Gasteiger partial charge is 0.387 e. The summed E-state index contributed by atoms with van der Waals surface area (Å²) in [4.78, 5) is 7.23. The fourth-order valence-electron chi connectivity index (χ4n) is 1.08. The van der Waals surface area contributed by atoms with Crippen LogP contribution in [0.25, 0.3) is 11.0 Å². The minimum Gasteiger partial charge on any atom is -0.387 e. The van der Waals surface area contributed by atoms with Gasteiger partial charge in [-0.05, 0) is 12.1 Å². The van der Waals surface area contributed by atoms with Crippen LogP contribution in [0.4, 0.5) is 5.69 Å². The molecule has 2 heterocycles. The molecule has 0 aliphatic rings. The Balaban J connectivity index is 0.000000396. The Morgan fingerprint density at radius 3 is 2.85 bits per heavy atom. The summed E-state index contributed by atoms with van der Waals surface area (Å²) in [5.41, 5.74) is 1.97. The molecular weight excluding hydrogens is 162 g/mol. The van der Waals surface area contributed by atoms with E-state index in [-0.39, 0.29) is 0 Å². The van der Waals surface area contributed by atoms with E-state index in [0.717, 1.165) is 16.7 Å². The lowest BCUT2D eigenvalue weighted by Gasteiger charge is -1.96. The molecule has 2 aromatic heterocycles. The van der Waals surface area contributed by atoms with Crippen molar-refractivity contribution in [3.8, 4) is 0 Å². The number of rotatable bonds is 1. The maximum Gasteiger partial charge on any atom is 0.137 e. The molecule has 3 heteroatoms. The average Bonchev–Trinajstić information content (AvgIpc) is 2.67. The summed E-state index contributed by atoms with van der Waals surface area (Å²) in [6.45, 7) is 4.00. The van der Waals surface area contributed by atoms with Crippen molar-refractivity contribution in [2.75, 3.05) is 12.4 Å². The molecule has 0 aliphatic carbocycles. The zero-order valence-corrected chi connectivity index (χ0v) is 8.26. The van der Waals surface area contributed by atoms with Gasteiger partial charge in [-0.3, -0.25) is 0 Å². The van der Waals surface area contributed by atoms with Crippen LogP contribution in [0.1, 0.15) is 13.8 Å². The minimum atomic E-state index is 0.934. The number of aromatic nitrogens is 2. The van der Waals surface area contributed by atoms with Crippen LogP contribution in [0, 0.1) is 0 Å². The molecule has 0 atom stereocenters. The Morgan fingerprint density at radius 2 is 2.15 bits per heavy atom. The Bertz CT molecular complexity index is 365. The number of aromatic amines is 1. The Morgan fingerprint density at radius 1 is 1.38 bits per heavy atom. The van der Waals surface area contributed by atoms with E-state index < -0.39 is 0 Å². The van der Waals surface area contributed by atoms with Gasteiger partial charge in [-0.15, -0.1) is 0 Å². The summed E-state index contributed by atoms with van der Waals surface area (Å²) in [5, 5.41) is 4.17. The minimum absolute atomic E-state index is 0.934. The van der Waals surface area contributed by atoms with Crippen LogP contribution >= 0.6 is 0 Å². The summed E-state index contributed by atoms with van der Waals surface area (Å²) in [7, 11) is 1.88. The van der Waals surface area contributed by atoms with Gasteiger partial charge in [0, 0.05) is 18.6 Å². The van der Waals surface area contributed by atoms with Crippen LogP contribution in [-0.4, -0.2) is 17.0 Å². The summed E-state index contributed by atoms with van der Waals surface area (Å²) in [5.74, 6) is 0. The smallest absolute Gasteiger partial charge is 0.137 e. The van der Waals surface area contributed by atoms with E-state index in [1.54, 1.807) is 6.20 Å². The molecule has 0 aliphatic heterocycles. The van der Waals surface area contributed by atoms with E-state index in [1.165, 1.54) is 0 Å². The molecule has 0 radical (unpaired) electrons. The highest BCUT2D eigenvalue weighted by Crippen LogP contribution is 2.13. The molecule has 0 saturated carbocycles. The first kappa shape index (κ1) is 9.58. The van der Waals surface area contributed by atoms with Crippen molar-refractivity contribution >= 4 is 16.7 Å². The molecular formula is C10H15N3. The zero-order valence-electron chi connectivity index (χ0n) is 8.26. The molecule has 3 nitrogen and oxygen atoms in total. The second-order valence-corrected chi connectivity index (χ2v) is 2.39. The van der Waals surface area contributed by atoms with E-state index in [2.05, 4.69) is 21.4 Å². The molecule has 13 heavy (non-hydrogen) atoms. The number of nitrogens with zero attached hydrogens (tertiary/aromatic N) is 1. The fraction of sp³-hybridized carbons (Fsp3) is 0.300. The fourth-order valence-corrected chi connectivity index (χ4v) is 1.08. The number of fused-ring (bicyclic) bond motifs is 1. The Kier molecular flexibility index (Phi) is 3.31. The lowest BCUT2D eigenvalue weighted by atomic mass is 10.3. The van der Waals surface area contributed by atoms with E-state index >= 15 is 0 Å². The van der Waals surface area contributed by atoms with Crippen LogP contribution in [0.2, 0.25) is 0 Å². The van der Waals surface area contributed by atoms with Crippen molar-refractivity contribution in [2.24, 2.45) is 0 Å². The molecule has 0 spiro atoms. The normalized spacial score (nSPS) is 9.15. The zero-order chi connectivity index (χ0) is 9.68. The number of hydrogen-bond donors (Lipinski definition) is 2. The van der Waals surface area contributed by atoms with E-state index in [9.17, 15) is 0 Å². The maximum atomic E-state index is 4.19. The Labute approximate surface area is 78.2 Å². The third-order valence-electron chi connectivity index (χ3n) is 1.69. The van der Waals surface area contributed by atoms with E-state index in [0.29, 0.717) is 0 Å². The Hall–Kier alpha value is -1.51. The third-order valence-corrected chi connectivity index (χ3v) is 1.69. The van der Waals surface area contributed by atoms with Crippen LogP contribution in [-0.2, 0) is 0 Å². The van der Waals surface area contributed by atoms with Gasteiger partial charge in [-0.2, -0.15) is 0 Å². The predicted octanol–water partition coefficient (Wildman–Crippen LogP) is 2.63. The van der Waals surface area contributed by atoms with Crippen LogP contribution in [0.3, 0.4) is 0 Å². The van der Waals surface area contributed by atoms with Gasteiger partial charge in [0.05, 0.1) is 11.9 Å². The van der Waals surface area contributed by atoms with Crippen molar-refractivity contribution in [2.45, 2.75) is 13.8 Å². The molecule has 70 valence electrons. The van der Waals surface area contributed by atoms with Crippen LogP contribution in [0.5, 0.6) is 0 Å². The van der Waals surface area contributed by atoms with E-state index in [4.69, 9.17) is 0 Å². The molecule has 0 bridgehead atoms. The van der Waals surface area contributed by atoms with Gasteiger partial charge in [0.2, 0.25) is 0 Å². The average molecular weight is 177 g/mol. The monoisotopic (exact) mass is 177 g/mol. The molecule has 2 rings (SSSR count). The van der Waals surface area contributed by atoms with Crippen molar-refractivity contribution in [1.29, 1.82) is 0 Å². The second-order valence-electron chi connectivity index (χ2n) is 2.39. The molecule has 2 aromatic rings. The van der Waals surface area contributed by atoms with Gasteiger partial charge in [-0.25, -0.2) is 4.98 Å². The molecule has 0 amide bonds. The predicted molar refractivity (Wildman–Crippen MR) is 57.0 cm³/mol. The standard InChI is InChI=1S/C8H9N3.C2H6/c1-9-7-4-6-2-3-10-8(6)11-5-7;1-2/h2-5,9H,1H3,(H,10,11);1-2H3. The highest BCUT2D eigenvalue weighted by molar-refractivity contribution is 5.78. The molecule has 0 aromatic carbocycles. The second kappa shape index (κ2) is 4.50. The van der Waals surface area contributed by atoms with Gasteiger partial charge >= 0.3 is 0 Å². The molecule has 0 unspecified atom stereocenters. The van der Waals surface area contributed by atoms with Gasteiger partial charge in [0.25, 0.3) is 0 Å². The van der Waals surface area contributed by atoms with Crippen molar-refractivity contribution in [3.63, 3.8) is 0 Å². The van der Waals surface area contributed by atoms with Crippen molar-refractivity contribution in [3.05, 3.63) is 24.5 Å². The van der Waals surface area contributed by atoms with E-state index in [1.807, 2.05) is 33.2 Å². The van der Waals surface area contributed by atoms with Gasteiger partial charge in [0.15, 0.2) is 0 Å². The summed E-state index contributed by atoms with van der Waals surface area (Å²) >= 11 is 0. The third kappa shape index (κ3) is 1.99. The van der Waals surface area contributed by atoms with Crippen LogP contribution in [0.15, 0.2) is 24.5 Å².